The topological polar surface area (TPSA) is 88.9 Å². The van der Waals surface area contributed by atoms with E-state index in [1.165, 1.54) is 11.8 Å². The lowest BCUT2D eigenvalue weighted by atomic mass is 10.1. The van der Waals surface area contributed by atoms with Gasteiger partial charge in [-0.1, -0.05) is 36.0 Å². The Morgan fingerprint density at radius 3 is 2.53 bits per heavy atom. The van der Waals surface area contributed by atoms with E-state index in [9.17, 15) is 9.59 Å². The SMILES string of the molecule is CCn1c(SCC(=O)Nc2ccc(NC(=O)c3ccccc3C)cc2C)nnc1-c1cccs1. The molecule has 7 nitrogen and oxygen atoms in total. The van der Waals surface area contributed by atoms with Crippen LogP contribution in [0.1, 0.15) is 28.4 Å². The van der Waals surface area contributed by atoms with Crippen molar-refractivity contribution in [2.75, 3.05) is 16.4 Å². The Kier molecular flexibility index (Phi) is 7.44. The fourth-order valence-corrected chi connectivity index (χ4v) is 5.01. The van der Waals surface area contributed by atoms with Crippen molar-refractivity contribution in [3.05, 3.63) is 76.7 Å². The third kappa shape index (κ3) is 5.37. The molecule has 0 atom stereocenters. The summed E-state index contributed by atoms with van der Waals surface area (Å²) in [5, 5.41) is 17.2. The van der Waals surface area contributed by atoms with Crippen molar-refractivity contribution in [2.45, 2.75) is 32.5 Å². The molecule has 0 fully saturated rings. The summed E-state index contributed by atoms with van der Waals surface area (Å²) >= 11 is 2.97. The Bertz CT molecular complexity index is 1310. The van der Waals surface area contributed by atoms with Crippen LogP contribution in [0.15, 0.2) is 65.1 Å². The van der Waals surface area contributed by atoms with Crippen molar-refractivity contribution in [3.63, 3.8) is 0 Å². The molecule has 0 bridgehead atoms. The van der Waals surface area contributed by atoms with E-state index in [1.54, 1.807) is 29.5 Å². The maximum atomic E-state index is 12.6. The van der Waals surface area contributed by atoms with E-state index in [-0.39, 0.29) is 17.6 Å². The van der Waals surface area contributed by atoms with Gasteiger partial charge in [-0.25, -0.2) is 0 Å². The molecule has 174 valence electrons. The summed E-state index contributed by atoms with van der Waals surface area (Å²) in [6.45, 7) is 6.56. The highest BCUT2D eigenvalue weighted by molar-refractivity contribution is 7.99. The molecule has 0 radical (unpaired) electrons. The highest BCUT2D eigenvalue weighted by atomic mass is 32.2. The van der Waals surface area contributed by atoms with Crippen LogP contribution in [0.25, 0.3) is 10.7 Å². The largest absolute Gasteiger partial charge is 0.325 e. The minimum Gasteiger partial charge on any atom is -0.325 e. The summed E-state index contributed by atoms with van der Waals surface area (Å²) in [5.41, 5.74) is 3.79. The standard InChI is InChI=1S/C25H25N5O2S2/c1-4-30-23(21-10-7-13-33-21)28-29-25(30)34-15-22(31)27-20-12-11-18(14-17(20)3)26-24(32)19-9-6-5-8-16(19)2/h5-14H,4,15H2,1-3H3,(H,26,32)(H,27,31). The highest BCUT2D eigenvalue weighted by Gasteiger charge is 2.16. The summed E-state index contributed by atoms with van der Waals surface area (Å²) in [6.07, 6.45) is 0. The molecule has 34 heavy (non-hydrogen) atoms. The number of benzene rings is 2. The summed E-state index contributed by atoms with van der Waals surface area (Å²) in [4.78, 5) is 26.2. The number of thioether (sulfide) groups is 1. The van der Waals surface area contributed by atoms with Crippen molar-refractivity contribution < 1.29 is 9.59 Å². The Hall–Kier alpha value is -3.43. The molecule has 9 heteroatoms. The molecule has 0 saturated carbocycles. The molecule has 4 rings (SSSR count). The number of aryl methyl sites for hydroxylation is 2. The molecule has 0 unspecified atom stereocenters. The number of nitrogens with zero attached hydrogens (tertiary/aromatic N) is 3. The van der Waals surface area contributed by atoms with Gasteiger partial charge in [-0.2, -0.15) is 0 Å². The first-order valence-corrected chi connectivity index (χ1v) is 12.7. The zero-order valence-corrected chi connectivity index (χ0v) is 20.8. The molecule has 4 aromatic rings. The molecular weight excluding hydrogens is 466 g/mol. The minimum absolute atomic E-state index is 0.131. The molecule has 2 aromatic carbocycles. The summed E-state index contributed by atoms with van der Waals surface area (Å²) in [5.74, 6) is 0.744. The van der Waals surface area contributed by atoms with Crippen molar-refractivity contribution in [2.24, 2.45) is 0 Å². The number of hydrogen-bond donors (Lipinski definition) is 2. The van der Waals surface area contributed by atoms with E-state index in [1.807, 2.05) is 67.1 Å². The number of carbonyl (C=O) groups is 2. The number of carbonyl (C=O) groups excluding carboxylic acids is 2. The lowest BCUT2D eigenvalue weighted by Gasteiger charge is -2.12. The summed E-state index contributed by atoms with van der Waals surface area (Å²) in [7, 11) is 0. The average molecular weight is 492 g/mol. The highest BCUT2D eigenvalue weighted by Crippen LogP contribution is 2.27. The predicted molar refractivity (Wildman–Crippen MR) is 139 cm³/mol. The van der Waals surface area contributed by atoms with Gasteiger partial charge in [-0.3, -0.25) is 9.59 Å². The Balaban J connectivity index is 1.37. The quantitative estimate of drug-likeness (QED) is 0.312. The van der Waals surface area contributed by atoms with Crippen molar-refractivity contribution in [1.29, 1.82) is 0 Å². The predicted octanol–water partition coefficient (Wildman–Crippen LogP) is 5.63. The zero-order chi connectivity index (χ0) is 24.1. The van der Waals surface area contributed by atoms with Crippen molar-refractivity contribution >= 4 is 46.3 Å². The molecule has 2 aromatic heterocycles. The molecule has 0 saturated heterocycles. The maximum absolute atomic E-state index is 12.6. The number of anilines is 2. The average Bonchev–Trinajstić information content (AvgIpc) is 3.49. The van der Waals surface area contributed by atoms with Crippen LogP contribution >= 0.6 is 23.1 Å². The van der Waals surface area contributed by atoms with Gasteiger partial charge in [0.15, 0.2) is 11.0 Å². The van der Waals surface area contributed by atoms with Crippen LogP contribution in [-0.4, -0.2) is 32.3 Å². The number of rotatable bonds is 8. The molecular formula is C25H25N5O2S2. The molecule has 2 amide bonds. The van der Waals surface area contributed by atoms with Crippen LogP contribution in [0, 0.1) is 13.8 Å². The summed E-state index contributed by atoms with van der Waals surface area (Å²) in [6, 6.07) is 16.9. The summed E-state index contributed by atoms with van der Waals surface area (Å²) < 4.78 is 2.01. The van der Waals surface area contributed by atoms with Gasteiger partial charge in [0, 0.05) is 23.5 Å². The third-order valence-electron chi connectivity index (χ3n) is 5.26. The number of aromatic nitrogens is 3. The molecule has 0 aliphatic heterocycles. The first-order chi connectivity index (χ1) is 16.5. The monoisotopic (exact) mass is 491 g/mol. The van der Waals surface area contributed by atoms with Crippen LogP contribution in [0.2, 0.25) is 0 Å². The Morgan fingerprint density at radius 1 is 1.00 bits per heavy atom. The van der Waals surface area contributed by atoms with E-state index >= 15 is 0 Å². The van der Waals surface area contributed by atoms with E-state index in [2.05, 4.69) is 20.8 Å². The van der Waals surface area contributed by atoms with Crippen LogP contribution in [0.4, 0.5) is 11.4 Å². The van der Waals surface area contributed by atoms with Gasteiger partial charge in [0.05, 0.1) is 10.6 Å². The molecule has 2 heterocycles. The Labute approximate surface area is 206 Å². The van der Waals surface area contributed by atoms with Gasteiger partial charge in [-0.05, 0) is 67.6 Å². The lowest BCUT2D eigenvalue weighted by Crippen LogP contribution is -2.16. The van der Waals surface area contributed by atoms with Crippen LogP contribution in [0.3, 0.4) is 0 Å². The fourth-order valence-electron chi connectivity index (χ4n) is 3.49. The van der Waals surface area contributed by atoms with E-state index in [0.29, 0.717) is 22.1 Å². The molecule has 0 spiro atoms. The fraction of sp³-hybridized carbons (Fsp3) is 0.200. The minimum atomic E-state index is -0.160. The van der Waals surface area contributed by atoms with E-state index in [0.717, 1.165) is 28.4 Å². The van der Waals surface area contributed by atoms with Crippen LogP contribution in [0.5, 0.6) is 0 Å². The van der Waals surface area contributed by atoms with Gasteiger partial charge in [0.2, 0.25) is 5.91 Å². The van der Waals surface area contributed by atoms with Gasteiger partial charge in [0.1, 0.15) is 0 Å². The smallest absolute Gasteiger partial charge is 0.255 e. The maximum Gasteiger partial charge on any atom is 0.255 e. The van der Waals surface area contributed by atoms with Crippen LogP contribution < -0.4 is 10.6 Å². The second-order valence-electron chi connectivity index (χ2n) is 7.66. The van der Waals surface area contributed by atoms with E-state index < -0.39 is 0 Å². The zero-order valence-electron chi connectivity index (χ0n) is 19.2. The van der Waals surface area contributed by atoms with Gasteiger partial charge < -0.3 is 15.2 Å². The number of amides is 2. The second kappa shape index (κ2) is 10.7. The molecule has 0 aliphatic rings. The van der Waals surface area contributed by atoms with Gasteiger partial charge in [0.25, 0.3) is 5.91 Å². The first kappa shape index (κ1) is 23.7. The molecule has 2 N–H and O–H groups in total. The van der Waals surface area contributed by atoms with Gasteiger partial charge >= 0.3 is 0 Å². The van der Waals surface area contributed by atoms with E-state index in [4.69, 9.17) is 0 Å². The second-order valence-corrected chi connectivity index (χ2v) is 9.55. The third-order valence-corrected chi connectivity index (χ3v) is 7.09. The van der Waals surface area contributed by atoms with Crippen molar-refractivity contribution in [3.8, 4) is 10.7 Å². The van der Waals surface area contributed by atoms with Crippen molar-refractivity contribution in [1.82, 2.24) is 14.8 Å². The normalized spacial score (nSPS) is 10.8. The number of hydrogen-bond acceptors (Lipinski definition) is 6. The molecule has 0 aliphatic carbocycles. The first-order valence-electron chi connectivity index (χ1n) is 10.8. The van der Waals surface area contributed by atoms with Gasteiger partial charge in [-0.15, -0.1) is 21.5 Å². The lowest BCUT2D eigenvalue weighted by molar-refractivity contribution is -0.113. The van der Waals surface area contributed by atoms with Crippen LogP contribution in [-0.2, 0) is 11.3 Å². The number of nitrogens with one attached hydrogen (secondary N) is 2. The Morgan fingerprint density at radius 2 is 1.82 bits per heavy atom. The number of thiophene rings is 1.